The molecule has 0 unspecified atom stereocenters. The second kappa shape index (κ2) is 7.86. The van der Waals surface area contributed by atoms with E-state index in [2.05, 4.69) is 20.4 Å². The SMILES string of the molecule is Cc1nc(C)n(CCCNC(=O)c2cccc(-c3ccncc3F)c2)n1. The van der Waals surface area contributed by atoms with Gasteiger partial charge in [0.15, 0.2) is 0 Å². The van der Waals surface area contributed by atoms with Crippen LogP contribution in [0.2, 0.25) is 0 Å². The van der Waals surface area contributed by atoms with Crippen LogP contribution in [0.25, 0.3) is 11.1 Å². The molecule has 2 heterocycles. The van der Waals surface area contributed by atoms with Gasteiger partial charge in [-0.3, -0.25) is 14.5 Å². The smallest absolute Gasteiger partial charge is 0.251 e. The third-order valence-electron chi connectivity index (χ3n) is 4.00. The van der Waals surface area contributed by atoms with E-state index in [-0.39, 0.29) is 5.91 Å². The second-order valence-electron chi connectivity index (χ2n) is 5.98. The highest BCUT2D eigenvalue weighted by Crippen LogP contribution is 2.22. The minimum Gasteiger partial charge on any atom is -0.352 e. The van der Waals surface area contributed by atoms with Crippen molar-refractivity contribution in [3.05, 3.63) is 65.8 Å². The summed E-state index contributed by atoms with van der Waals surface area (Å²) in [6.45, 7) is 4.96. The first-order chi connectivity index (χ1) is 12.5. The number of hydrogen-bond donors (Lipinski definition) is 1. The van der Waals surface area contributed by atoms with Crippen LogP contribution in [0.15, 0.2) is 42.7 Å². The first kappa shape index (κ1) is 17.7. The van der Waals surface area contributed by atoms with Gasteiger partial charge in [-0.15, -0.1) is 0 Å². The highest BCUT2D eigenvalue weighted by Gasteiger charge is 2.09. The third-order valence-corrected chi connectivity index (χ3v) is 4.00. The van der Waals surface area contributed by atoms with Crippen molar-refractivity contribution in [1.82, 2.24) is 25.1 Å². The van der Waals surface area contributed by atoms with E-state index in [0.29, 0.717) is 29.8 Å². The van der Waals surface area contributed by atoms with Gasteiger partial charge >= 0.3 is 0 Å². The average Bonchev–Trinajstić information content (AvgIpc) is 2.96. The van der Waals surface area contributed by atoms with E-state index in [9.17, 15) is 9.18 Å². The predicted molar refractivity (Wildman–Crippen MR) is 96.1 cm³/mol. The maximum atomic E-state index is 13.9. The average molecular weight is 353 g/mol. The summed E-state index contributed by atoms with van der Waals surface area (Å²) in [6, 6.07) is 8.49. The van der Waals surface area contributed by atoms with Gasteiger partial charge in [0, 0.05) is 30.4 Å². The number of benzene rings is 1. The molecule has 26 heavy (non-hydrogen) atoms. The Hall–Kier alpha value is -3.09. The number of amides is 1. The van der Waals surface area contributed by atoms with Crippen molar-refractivity contribution in [2.75, 3.05) is 6.54 Å². The number of hydrogen-bond acceptors (Lipinski definition) is 4. The van der Waals surface area contributed by atoms with Crippen LogP contribution in [0.3, 0.4) is 0 Å². The molecule has 0 radical (unpaired) electrons. The minimum atomic E-state index is -0.413. The van der Waals surface area contributed by atoms with Crippen molar-refractivity contribution in [1.29, 1.82) is 0 Å². The van der Waals surface area contributed by atoms with Gasteiger partial charge in [-0.25, -0.2) is 9.37 Å². The predicted octanol–water partition coefficient (Wildman–Crippen LogP) is 2.92. The summed E-state index contributed by atoms with van der Waals surface area (Å²) in [5, 5.41) is 7.17. The van der Waals surface area contributed by atoms with Gasteiger partial charge in [0.25, 0.3) is 5.91 Å². The fourth-order valence-electron chi connectivity index (χ4n) is 2.74. The topological polar surface area (TPSA) is 72.7 Å². The molecular weight excluding hydrogens is 333 g/mol. The van der Waals surface area contributed by atoms with Crippen LogP contribution in [0.5, 0.6) is 0 Å². The number of aryl methyl sites for hydroxylation is 3. The molecule has 0 aliphatic heterocycles. The van der Waals surface area contributed by atoms with Crippen molar-refractivity contribution in [3.63, 3.8) is 0 Å². The molecular formula is C19H20FN5O. The Balaban J connectivity index is 1.59. The zero-order chi connectivity index (χ0) is 18.5. The third kappa shape index (κ3) is 4.11. The Kier molecular flexibility index (Phi) is 5.36. The Morgan fingerprint density at radius 3 is 2.85 bits per heavy atom. The van der Waals surface area contributed by atoms with Crippen molar-refractivity contribution in [2.24, 2.45) is 0 Å². The number of nitrogens with one attached hydrogen (secondary N) is 1. The van der Waals surface area contributed by atoms with Crippen LogP contribution in [-0.4, -0.2) is 32.2 Å². The van der Waals surface area contributed by atoms with E-state index in [1.165, 1.54) is 6.20 Å². The first-order valence-corrected chi connectivity index (χ1v) is 8.41. The molecule has 3 rings (SSSR count). The van der Waals surface area contributed by atoms with Crippen molar-refractivity contribution >= 4 is 5.91 Å². The fraction of sp³-hybridized carbons (Fsp3) is 0.263. The van der Waals surface area contributed by atoms with Gasteiger partial charge in [0.05, 0.1) is 6.20 Å². The summed E-state index contributed by atoms with van der Waals surface area (Å²) < 4.78 is 15.7. The van der Waals surface area contributed by atoms with Crippen molar-refractivity contribution in [3.8, 4) is 11.1 Å². The minimum absolute atomic E-state index is 0.187. The molecule has 0 spiro atoms. The standard InChI is InChI=1S/C19H20FN5O/c1-13-23-14(2)25(24-13)10-4-8-22-19(26)16-6-3-5-15(11-16)17-7-9-21-12-18(17)20/h3,5-7,9,11-12H,4,8,10H2,1-2H3,(H,22,26). The molecule has 6 nitrogen and oxygen atoms in total. The molecule has 0 saturated heterocycles. The largest absolute Gasteiger partial charge is 0.352 e. The summed E-state index contributed by atoms with van der Waals surface area (Å²) in [6.07, 6.45) is 3.43. The Bertz CT molecular complexity index is 922. The summed E-state index contributed by atoms with van der Waals surface area (Å²) >= 11 is 0. The molecule has 0 saturated carbocycles. The lowest BCUT2D eigenvalue weighted by Crippen LogP contribution is -2.25. The Morgan fingerprint density at radius 1 is 1.27 bits per heavy atom. The molecule has 0 bridgehead atoms. The number of rotatable bonds is 6. The lowest BCUT2D eigenvalue weighted by Gasteiger charge is -2.08. The molecule has 1 N–H and O–H groups in total. The maximum absolute atomic E-state index is 13.9. The normalized spacial score (nSPS) is 10.7. The monoisotopic (exact) mass is 353 g/mol. The van der Waals surface area contributed by atoms with Gasteiger partial charge in [0.1, 0.15) is 17.5 Å². The Morgan fingerprint density at radius 2 is 2.12 bits per heavy atom. The molecule has 0 aliphatic carbocycles. The molecule has 0 fully saturated rings. The van der Waals surface area contributed by atoms with Crippen LogP contribution >= 0.6 is 0 Å². The summed E-state index contributed by atoms with van der Waals surface area (Å²) in [4.78, 5) is 20.3. The van der Waals surface area contributed by atoms with Gasteiger partial charge in [-0.1, -0.05) is 12.1 Å². The molecule has 7 heteroatoms. The molecule has 2 aromatic heterocycles. The van der Waals surface area contributed by atoms with Gasteiger partial charge in [0.2, 0.25) is 0 Å². The van der Waals surface area contributed by atoms with Crippen LogP contribution in [0.1, 0.15) is 28.4 Å². The zero-order valence-corrected chi connectivity index (χ0v) is 14.7. The van der Waals surface area contributed by atoms with Crippen LogP contribution < -0.4 is 5.32 Å². The number of pyridine rings is 1. The van der Waals surface area contributed by atoms with E-state index in [1.54, 1.807) is 30.3 Å². The lowest BCUT2D eigenvalue weighted by atomic mass is 10.0. The maximum Gasteiger partial charge on any atom is 0.251 e. The van der Waals surface area contributed by atoms with Crippen LogP contribution in [-0.2, 0) is 6.54 Å². The highest BCUT2D eigenvalue weighted by atomic mass is 19.1. The first-order valence-electron chi connectivity index (χ1n) is 8.41. The van der Waals surface area contributed by atoms with Crippen molar-refractivity contribution in [2.45, 2.75) is 26.8 Å². The lowest BCUT2D eigenvalue weighted by molar-refractivity contribution is 0.0952. The van der Waals surface area contributed by atoms with Gasteiger partial charge in [-0.05, 0) is 44.0 Å². The molecule has 1 amide bonds. The Labute approximate surface area is 151 Å². The summed E-state index contributed by atoms with van der Waals surface area (Å²) in [5.74, 6) is 1.00. The zero-order valence-electron chi connectivity index (χ0n) is 14.7. The molecule has 3 aromatic rings. The summed E-state index contributed by atoms with van der Waals surface area (Å²) in [5.41, 5.74) is 1.56. The van der Waals surface area contributed by atoms with Crippen LogP contribution in [0, 0.1) is 19.7 Å². The second-order valence-corrected chi connectivity index (χ2v) is 5.98. The van der Waals surface area contributed by atoms with Crippen molar-refractivity contribution < 1.29 is 9.18 Å². The molecule has 134 valence electrons. The van der Waals surface area contributed by atoms with Gasteiger partial charge < -0.3 is 5.32 Å². The van der Waals surface area contributed by atoms with E-state index in [4.69, 9.17) is 0 Å². The number of carbonyl (C=O) groups excluding carboxylic acids is 1. The molecule has 0 atom stereocenters. The number of halogens is 1. The fourth-order valence-corrected chi connectivity index (χ4v) is 2.74. The van der Waals surface area contributed by atoms with E-state index < -0.39 is 5.82 Å². The summed E-state index contributed by atoms with van der Waals surface area (Å²) in [7, 11) is 0. The van der Waals surface area contributed by atoms with E-state index in [0.717, 1.165) is 24.3 Å². The quantitative estimate of drug-likeness (QED) is 0.692. The van der Waals surface area contributed by atoms with E-state index in [1.807, 2.05) is 18.5 Å². The van der Waals surface area contributed by atoms with E-state index >= 15 is 0 Å². The number of aromatic nitrogens is 4. The number of carbonyl (C=O) groups is 1. The number of nitrogens with zero attached hydrogens (tertiary/aromatic N) is 4. The highest BCUT2D eigenvalue weighted by molar-refractivity contribution is 5.95. The molecule has 1 aromatic carbocycles. The molecule has 0 aliphatic rings. The van der Waals surface area contributed by atoms with Crippen LogP contribution in [0.4, 0.5) is 4.39 Å². The van der Waals surface area contributed by atoms with Gasteiger partial charge in [-0.2, -0.15) is 5.10 Å².